The van der Waals surface area contributed by atoms with Crippen molar-refractivity contribution >= 4 is 16.0 Å². The van der Waals surface area contributed by atoms with E-state index in [1.54, 1.807) is 0 Å². The maximum absolute atomic E-state index is 12.2. The molecule has 0 bridgehead atoms. The molecule has 1 heterocycles. The van der Waals surface area contributed by atoms with Gasteiger partial charge in [-0.2, -0.15) is 0 Å². The van der Waals surface area contributed by atoms with E-state index in [2.05, 4.69) is 4.72 Å². The van der Waals surface area contributed by atoms with Gasteiger partial charge in [-0.05, 0) is 32.6 Å². The summed E-state index contributed by atoms with van der Waals surface area (Å²) in [5.74, 6) is -1.13. The lowest BCUT2D eigenvalue weighted by Crippen LogP contribution is -2.38. The van der Waals surface area contributed by atoms with E-state index in [9.17, 15) is 13.2 Å². The number of aryl methyl sites for hydroxylation is 2. The fourth-order valence-corrected chi connectivity index (χ4v) is 3.92. The van der Waals surface area contributed by atoms with Crippen LogP contribution in [0.4, 0.5) is 0 Å². The van der Waals surface area contributed by atoms with Crippen molar-refractivity contribution in [2.75, 3.05) is 6.54 Å². The minimum absolute atomic E-state index is 0.0565. The standard InChI is InChI=1S/C12H17NO6S/c1-6-10(12(15)16)11(7(2)19-6)20(17,18)13-5-8-3-9(14)4-8/h8-9,13-14H,3-5H2,1-2H3,(H,15,16). The molecule has 2 rings (SSSR count). The molecule has 7 nitrogen and oxygen atoms in total. The zero-order valence-electron chi connectivity index (χ0n) is 11.2. The molecule has 1 aliphatic carbocycles. The number of furan rings is 1. The van der Waals surface area contributed by atoms with Crippen LogP contribution in [-0.2, 0) is 10.0 Å². The van der Waals surface area contributed by atoms with Crippen LogP contribution >= 0.6 is 0 Å². The van der Waals surface area contributed by atoms with Crippen molar-refractivity contribution in [1.29, 1.82) is 0 Å². The fraction of sp³-hybridized carbons (Fsp3) is 0.583. The molecule has 8 heteroatoms. The molecule has 1 fully saturated rings. The molecule has 1 aliphatic rings. The molecule has 0 amide bonds. The highest BCUT2D eigenvalue weighted by Crippen LogP contribution is 2.29. The zero-order valence-corrected chi connectivity index (χ0v) is 12.0. The Kier molecular flexibility index (Phi) is 3.90. The molecule has 0 aliphatic heterocycles. The Hall–Kier alpha value is -1.38. The SMILES string of the molecule is Cc1oc(C)c(S(=O)(=O)NCC2CC(O)C2)c1C(=O)O. The second-order valence-corrected chi connectivity index (χ2v) is 6.77. The summed E-state index contributed by atoms with van der Waals surface area (Å²) in [6.07, 6.45) is 0.743. The predicted octanol–water partition coefficient (Wildman–Crippen LogP) is 0.644. The summed E-state index contributed by atoms with van der Waals surface area (Å²) in [5.41, 5.74) is -0.330. The van der Waals surface area contributed by atoms with Gasteiger partial charge >= 0.3 is 5.97 Å². The van der Waals surface area contributed by atoms with Crippen molar-refractivity contribution in [1.82, 2.24) is 4.72 Å². The van der Waals surface area contributed by atoms with Crippen LogP contribution < -0.4 is 4.72 Å². The van der Waals surface area contributed by atoms with Crippen molar-refractivity contribution in [2.24, 2.45) is 5.92 Å². The van der Waals surface area contributed by atoms with E-state index < -0.39 is 16.0 Å². The molecule has 0 unspecified atom stereocenters. The first-order chi connectivity index (χ1) is 9.22. The first-order valence-electron chi connectivity index (χ1n) is 6.23. The number of hydrogen-bond acceptors (Lipinski definition) is 5. The van der Waals surface area contributed by atoms with Crippen molar-refractivity contribution in [3.8, 4) is 0 Å². The summed E-state index contributed by atoms with van der Waals surface area (Å²) in [6.45, 7) is 3.01. The lowest BCUT2D eigenvalue weighted by molar-refractivity contribution is 0.0453. The molecule has 1 aromatic rings. The number of aromatic carboxylic acids is 1. The molecular formula is C12H17NO6S. The molecule has 112 valence electrons. The minimum Gasteiger partial charge on any atom is -0.478 e. The van der Waals surface area contributed by atoms with E-state index in [-0.39, 0.29) is 40.5 Å². The van der Waals surface area contributed by atoms with Gasteiger partial charge < -0.3 is 14.6 Å². The van der Waals surface area contributed by atoms with Gasteiger partial charge in [-0.1, -0.05) is 0 Å². The first-order valence-corrected chi connectivity index (χ1v) is 7.71. The van der Waals surface area contributed by atoms with Gasteiger partial charge in [0.05, 0.1) is 6.10 Å². The highest BCUT2D eigenvalue weighted by Gasteiger charge is 2.33. The highest BCUT2D eigenvalue weighted by molar-refractivity contribution is 7.89. The lowest BCUT2D eigenvalue weighted by Gasteiger charge is -2.31. The molecule has 0 radical (unpaired) electrons. The molecule has 1 aromatic heterocycles. The largest absolute Gasteiger partial charge is 0.478 e. The summed E-state index contributed by atoms with van der Waals surface area (Å²) in [5, 5.41) is 18.3. The van der Waals surface area contributed by atoms with Gasteiger partial charge in [-0.25, -0.2) is 17.9 Å². The van der Waals surface area contributed by atoms with Crippen LogP contribution in [0.15, 0.2) is 9.31 Å². The fourth-order valence-electron chi connectivity index (χ4n) is 2.40. The van der Waals surface area contributed by atoms with Crippen LogP contribution in [0.25, 0.3) is 0 Å². The second kappa shape index (κ2) is 5.19. The van der Waals surface area contributed by atoms with Gasteiger partial charge in [0.15, 0.2) is 0 Å². The first kappa shape index (κ1) is 15.0. The average Bonchev–Trinajstić information content (AvgIpc) is 2.59. The summed E-state index contributed by atoms with van der Waals surface area (Å²) >= 11 is 0. The Morgan fingerprint density at radius 1 is 1.35 bits per heavy atom. The van der Waals surface area contributed by atoms with Gasteiger partial charge in [-0.15, -0.1) is 0 Å². The molecule has 1 saturated carbocycles. The number of nitrogens with one attached hydrogen (secondary N) is 1. The van der Waals surface area contributed by atoms with Gasteiger partial charge in [0.1, 0.15) is 22.0 Å². The summed E-state index contributed by atoms with van der Waals surface area (Å²) in [4.78, 5) is 10.8. The van der Waals surface area contributed by atoms with Gasteiger partial charge in [-0.3, -0.25) is 0 Å². The molecule has 20 heavy (non-hydrogen) atoms. The number of carboxylic acids is 1. The van der Waals surface area contributed by atoms with E-state index in [4.69, 9.17) is 14.6 Å². The maximum atomic E-state index is 12.2. The molecule has 0 aromatic carbocycles. The predicted molar refractivity (Wildman–Crippen MR) is 69.1 cm³/mol. The van der Waals surface area contributed by atoms with E-state index >= 15 is 0 Å². The van der Waals surface area contributed by atoms with Crippen LogP contribution in [0.1, 0.15) is 34.7 Å². The molecule has 0 atom stereocenters. The lowest BCUT2D eigenvalue weighted by atomic mass is 9.83. The van der Waals surface area contributed by atoms with Gasteiger partial charge in [0, 0.05) is 6.54 Å². The number of aliphatic hydroxyl groups excluding tert-OH is 1. The van der Waals surface area contributed by atoms with Crippen LogP contribution in [0.3, 0.4) is 0 Å². The Morgan fingerprint density at radius 3 is 2.45 bits per heavy atom. The van der Waals surface area contributed by atoms with Crippen LogP contribution in [-0.4, -0.2) is 37.2 Å². The smallest absolute Gasteiger partial charge is 0.340 e. The zero-order chi connectivity index (χ0) is 15.1. The monoisotopic (exact) mass is 303 g/mol. The van der Waals surface area contributed by atoms with Gasteiger partial charge in [0.2, 0.25) is 10.0 Å². The third kappa shape index (κ3) is 2.72. The quantitative estimate of drug-likeness (QED) is 0.735. The van der Waals surface area contributed by atoms with Gasteiger partial charge in [0.25, 0.3) is 0 Å². The number of hydrogen-bond donors (Lipinski definition) is 3. The number of aliphatic hydroxyl groups is 1. The molecule has 0 saturated heterocycles. The van der Waals surface area contributed by atoms with E-state index in [0.717, 1.165) is 0 Å². The molecule has 0 spiro atoms. The summed E-state index contributed by atoms with van der Waals surface area (Å²) in [6, 6.07) is 0. The number of rotatable bonds is 5. The van der Waals surface area contributed by atoms with Crippen LogP contribution in [0, 0.1) is 19.8 Å². The van der Waals surface area contributed by atoms with Crippen LogP contribution in [0.5, 0.6) is 0 Å². The number of carbonyl (C=O) groups is 1. The summed E-state index contributed by atoms with van der Waals surface area (Å²) in [7, 11) is -3.94. The average molecular weight is 303 g/mol. The van der Waals surface area contributed by atoms with Crippen molar-refractivity contribution in [3.63, 3.8) is 0 Å². The number of carboxylic acid groups (broad SMARTS) is 1. The Morgan fingerprint density at radius 2 is 1.95 bits per heavy atom. The molecular weight excluding hydrogens is 286 g/mol. The van der Waals surface area contributed by atoms with Crippen molar-refractivity contribution in [2.45, 2.75) is 37.7 Å². The molecule has 3 N–H and O–H groups in total. The third-order valence-corrected chi connectivity index (χ3v) is 5.04. The Balaban J connectivity index is 2.23. The third-order valence-electron chi connectivity index (χ3n) is 3.46. The topological polar surface area (TPSA) is 117 Å². The van der Waals surface area contributed by atoms with E-state index in [1.165, 1.54) is 13.8 Å². The number of sulfonamides is 1. The summed E-state index contributed by atoms with van der Waals surface area (Å²) < 4.78 is 31.9. The van der Waals surface area contributed by atoms with Crippen molar-refractivity contribution in [3.05, 3.63) is 17.1 Å². The minimum atomic E-state index is -3.94. The van der Waals surface area contributed by atoms with Crippen LogP contribution in [0.2, 0.25) is 0 Å². The second-order valence-electron chi connectivity index (χ2n) is 5.07. The van der Waals surface area contributed by atoms with Crippen molar-refractivity contribution < 1.29 is 27.8 Å². The Bertz CT molecular complexity index is 627. The normalized spacial score (nSPS) is 22.6. The maximum Gasteiger partial charge on any atom is 0.340 e. The van der Waals surface area contributed by atoms with E-state index in [0.29, 0.717) is 12.8 Å². The van der Waals surface area contributed by atoms with E-state index in [1.807, 2.05) is 0 Å². The Labute approximate surface area is 116 Å². The highest BCUT2D eigenvalue weighted by atomic mass is 32.2.